The van der Waals surface area contributed by atoms with Gasteiger partial charge in [0.1, 0.15) is 5.75 Å². The molecule has 3 aromatic carbocycles. The number of methoxy groups -OCH3 is 1. The molecule has 0 aliphatic heterocycles. The van der Waals surface area contributed by atoms with Crippen LogP contribution in [-0.4, -0.2) is 27.7 Å². The third-order valence-electron chi connectivity index (χ3n) is 6.43. The zero-order chi connectivity index (χ0) is 27.2. The van der Waals surface area contributed by atoms with Crippen LogP contribution in [0, 0.1) is 6.92 Å². The van der Waals surface area contributed by atoms with Crippen molar-refractivity contribution in [3.05, 3.63) is 116 Å². The van der Waals surface area contributed by atoms with Gasteiger partial charge in [-0.15, -0.1) is 0 Å². The smallest absolute Gasteiger partial charge is 0.416 e. The summed E-state index contributed by atoms with van der Waals surface area (Å²) in [5, 5.41) is 4.16. The number of ether oxygens (including phenoxy) is 1. The van der Waals surface area contributed by atoms with Gasteiger partial charge in [-0.2, -0.15) is 13.2 Å². The molecule has 0 aliphatic rings. The van der Waals surface area contributed by atoms with Crippen molar-refractivity contribution in [1.29, 1.82) is 0 Å². The van der Waals surface area contributed by atoms with E-state index in [1.54, 1.807) is 43.5 Å². The number of ketones is 1. The Morgan fingerprint density at radius 2 is 1.68 bits per heavy atom. The molecule has 1 unspecified atom stereocenters. The van der Waals surface area contributed by atoms with Gasteiger partial charge >= 0.3 is 6.18 Å². The number of carbonyl (C=O) groups is 1. The highest BCUT2D eigenvalue weighted by atomic mass is 35.5. The van der Waals surface area contributed by atoms with Crippen LogP contribution in [-0.2, 0) is 6.18 Å². The zero-order valence-electron chi connectivity index (χ0n) is 20.2. The van der Waals surface area contributed by atoms with Gasteiger partial charge in [-0.05, 0) is 79.2 Å². The highest BCUT2D eigenvalue weighted by molar-refractivity contribution is 6.30. The van der Waals surface area contributed by atoms with Crippen LogP contribution in [0.2, 0.25) is 5.02 Å². The Hall–Kier alpha value is -4.24. The molecule has 0 spiro atoms. The summed E-state index contributed by atoms with van der Waals surface area (Å²) in [6.07, 6.45) is -4.51. The van der Waals surface area contributed by atoms with E-state index in [0.717, 1.165) is 27.7 Å². The molecule has 1 atom stereocenters. The van der Waals surface area contributed by atoms with Gasteiger partial charge < -0.3 is 9.72 Å². The standard InChI is InChI=1S/C28H21ClF3N3O3/c1-15-25(21-13-20(38-2)11-12-22(21)33-15)26(27(37)16-3-7-18(29)8-4-16)23-14-24(36)35(34-23)19-9-5-17(6-10-19)28(30,31)32/h3-14,26,33-34H,1-2H3. The van der Waals surface area contributed by atoms with Crippen molar-refractivity contribution in [2.45, 2.75) is 19.0 Å². The Morgan fingerprint density at radius 3 is 2.32 bits per heavy atom. The number of hydrogen-bond donors (Lipinski definition) is 2. The molecule has 38 heavy (non-hydrogen) atoms. The summed E-state index contributed by atoms with van der Waals surface area (Å²) in [5.41, 5.74) is 1.62. The number of benzene rings is 3. The molecule has 5 rings (SSSR count). The van der Waals surface area contributed by atoms with Gasteiger partial charge in [-0.1, -0.05) is 11.6 Å². The maximum absolute atomic E-state index is 14.0. The lowest BCUT2D eigenvalue weighted by Gasteiger charge is -2.16. The summed E-state index contributed by atoms with van der Waals surface area (Å²) >= 11 is 6.03. The molecule has 6 nitrogen and oxygen atoms in total. The maximum Gasteiger partial charge on any atom is 0.416 e. The molecule has 0 amide bonds. The Balaban J connectivity index is 1.68. The number of nitrogens with zero attached hydrogens (tertiary/aromatic N) is 1. The minimum atomic E-state index is -4.51. The SMILES string of the molecule is COc1ccc2[nH]c(C)c(C(C(=O)c3ccc(Cl)cc3)c3cc(=O)n(-c4ccc(C(F)(F)F)cc4)[nH]3)c2c1. The molecule has 0 bridgehead atoms. The first-order valence-corrected chi connectivity index (χ1v) is 11.9. The van der Waals surface area contributed by atoms with Crippen LogP contribution in [0.4, 0.5) is 13.2 Å². The summed E-state index contributed by atoms with van der Waals surface area (Å²) in [7, 11) is 1.54. The molecule has 0 radical (unpaired) electrons. The molecular weight excluding hydrogens is 519 g/mol. The minimum absolute atomic E-state index is 0.198. The van der Waals surface area contributed by atoms with Crippen LogP contribution >= 0.6 is 11.6 Å². The Bertz CT molecular complexity index is 1700. The molecule has 5 aromatic rings. The molecular formula is C28H21ClF3N3O3. The van der Waals surface area contributed by atoms with Crippen molar-refractivity contribution >= 4 is 28.3 Å². The fourth-order valence-electron chi connectivity index (χ4n) is 4.59. The van der Waals surface area contributed by atoms with Gasteiger partial charge in [0.05, 0.1) is 30.0 Å². The number of H-pyrrole nitrogens is 2. The van der Waals surface area contributed by atoms with Gasteiger partial charge in [0, 0.05) is 33.2 Å². The first kappa shape index (κ1) is 25.4. The second kappa shape index (κ2) is 9.57. The summed E-state index contributed by atoms with van der Waals surface area (Å²) < 4.78 is 45.6. The Morgan fingerprint density at radius 1 is 1.00 bits per heavy atom. The number of rotatable bonds is 6. The summed E-state index contributed by atoms with van der Waals surface area (Å²) in [6.45, 7) is 1.83. The van der Waals surface area contributed by atoms with Gasteiger partial charge in [-0.25, -0.2) is 4.68 Å². The lowest BCUT2D eigenvalue weighted by atomic mass is 9.86. The fourth-order valence-corrected chi connectivity index (χ4v) is 4.71. The lowest BCUT2D eigenvalue weighted by molar-refractivity contribution is -0.137. The van der Waals surface area contributed by atoms with E-state index in [4.69, 9.17) is 16.3 Å². The second-order valence-corrected chi connectivity index (χ2v) is 9.25. The van der Waals surface area contributed by atoms with Crippen LogP contribution < -0.4 is 10.3 Å². The van der Waals surface area contributed by atoms with E-state index in [0.29, 0.717) is 27.6 Å². The van der Waals surface area contributed by atoms with Crippen LogP contribution in [0.5, 0.6) is 5.75 Å². The highest BCUT2D eigenvalue weighted by Gasteiger charge is 2.32. The Labute approximate surface area is 219 Å². The maximum atomic E-state index is 14.0. The average Bonchev–Trinajstić information content (AvgIpc) is 3.43. The molecule has 2 N–H and O–H groups in total. The second-order valence-electron chi connectivity index (χ2n) is 8.81. The summed E-state index contributed by atoms with van der Waals surface area (Å²) in [6, 6.07) is 17.3. The van der Waals surface area contributed by atoms with Crippen LogP contribution in [0.3, 0.4) is 0 Å². The number of fused-ring (bicyclic) bond motifs is 1. The van der Waals surface area contributed by atoms with Gasteiger partial charge in [-0.3, -0.25) is 14.7 Å². The number of nitrogens with one attached hydrogen (secondary N) is 2. The number of alkyl halides is 3. The fraction of sp³-hybridized carbons (Fsp3) is 0.143. The molecule has 0 saturated heterocycles. The van der Waals surface area contributed by atoms with E-state index >= 15 is 0 Å². The molecule has 2 aromatic heterocycles. The van der Waals surface area contributed by atoms with Crippen molar-refractivity contribution < 1.29 is 22.7 Å². The topological polar surface area (TPSA) is 79.9 Å². The molecule has 0 fully saturated rings. The molecule has 0 saturated carbocycles. The van der Waals surface area contributed by atoms with E-state index in [2.05, 4.69) is 10.1 Å². The number of halogens is 4. The Kier molecular flexibility index (Phi) is 6.40. The number of aromatic nitrogens is 3. The number of carbonyl (C=O) groups excluding carboxylic acids is 1. The van der Waals surface area contributed by atoms with Crippen LogP contribution in [0.1, 0.15) is 38.8 Å². The van der Waals surface area contributed by atoms with E-state index in [1.807, 2.05) is 13.0 Å². The van der Waals surface area contributed by atoms with Gasteiger partial charge in [0.15, 0.2) is 5.78 Å². The van der Waals surface area contributed by atoms with E-state index in [1.165, 1.54) is 18.2 Å². The van der Waals surface area contributed by atoms with Crippen LogP contribution in [0.25, 0.3) is 16.6 Å². The van der Waals surface area contributed by atoms with E-state index < -0.39 is 23.2 Å². The molecule has 2 heterocycles. The van der Waals surface area contributed by atoms with Crippen LogP contribution in [0.15, 0.2) is 77.6 Å². The van der Waals surface area contributed by atoms with Gasteiger partial charge in [0.25, 0.3) is 5.56 Å². The normalized spacial score (nSPS) is 12.6. The highest BCUT2D eigenvalue weighted by Crippen LogP contribution is 2.37. The van der Waals surface area contributed by atoms with Crippen molar-refractivity contribution in [2.24, 2.45) is 0 Å². The monoisotopic (exact) mass is 539 g/mol. The minimum Gasteiger partial charge on any atom is -0.497 e. The average molecular weight is 540 g/mol. The molecule has 194 valence electrons. The third-order valence-corrected chi connectivity index (χ3v) is 6.68. The predicted octanol–water partition coefficient (Wildman–Crippen LogP) is 6.65. The van der Waals surface area contributed by atoms with Crippen molar-refractivity contribution in [2.75, 3.05) is 7.11 Å². The summed E-state index contributed by atoms with van der Waals surface area (Å²) in [5.74, 6) is -0.652. The number of aryl methyl sites for hydroxylation is 1. The first-order valence-electron chi connectivity index (χ1n) is 11.5. The lowest BCUT2D eigenvalue weighted by Crippen LogP contribution is -2.16. The molecule has 0 aliphatic carbocycles. The quantitative estimate of drug-likeness (QED) is 0.237. The van der Waals surface area contributed by atoms with E-state index in [9.17, 15) is 22.8 Å². The van der Waals surface area contributed by atoms with Gasteiger partial charge in [0.2, 0.25) is 0 Å². The van der Waals surface area contributed by atoms with Crippen molar-refractivity contribution in [1.82, 2.24) is 14.8 Å². The third kappa shape index (κ3) is 4.61. The number of aromatic amines is 2. The number of Topliss-reactive ketones (excluding diaryl/α,β-unsaturated/α-hetero) is 1. The first-order chi connectivity index (χ1) is 18.1. The summed E-state index contributed by atoms with van der Waals surface area (Å²) in [4.78, 5) is 30.3. The predicted molar refractivity (Wildman–Crippen MR) is 139 cm³/mol. The van der Waals surface area contributed by atoms with Crippen molar-refractivity contribution in [3.8, 4) is 11.4 Å². The number of hydrogen-bond acceptors (Lipinski definition) is 3. The zero-order valence-corrected chi connectivity index (χ0v) is 20.9. The van der Waals surface area contributed by atoms with E-state index in [-0.39, 0.29) is 17.2 Å². The largest absolute Gasteiger partial charge is 0.497 e. The van der Waals surface area contributed by atoms with Crippen molar-refractivity contribution in [3.63, 3.8) is 0 Å². The molecule has 10 heteroatoms.